The Kier molecular flexibility index (Phi) is 4.53. The van der Waals surface area contributed by atoms with Gasteiger partial charge in [-0.15, -0.1) is 0 Å². The van der Waals surface area contributed by atoms with Crippen LogP contribution in [0, 0.1) is 0 Å². The Morgan fingerprint density at radius 1 is 1.40 bits per heavy atom. The van der Waals surface area contributed by atoms with Crippen LogP contribution in [0.15, 0.2) is 36.8 Å². The molecule has 0 bridgehead atoms. The molecule has 5 nitrogen and oxygen atoms in total. The molecule has 0 aliphatic heterocycles. The van der Waals surface area contributed by atoms with Gasteiger partial charge in [0.1, 0.15) is 5.82 Å². The van der Waals surface area contributed by atoms with E-state index in [1.165, 1.54) is 6.20 Å². The van der Waals surface area contributed by atoms with Gasteiger partial charge < -0.3 is 10.2 Å². The molecule has 0 aliphatic rings. The third-order valence-corrected chi connectivity index (χ3v) is 3.18. The first-order valence-electron chi connectivity index (χ1n) is 6.22. The summed E-state index contributed by atoms with van der Waals surface area (Å²) in [5, 5.41) is 3.23. The van der Waals surface area contributed by atoms with Gasteiger partial charge in [0.25, 0.3) is 5.91 Å². The highest BCUT2D eigenvalue weighted by atomic mass is 35.5. The fraction of sp³-hybridized carbons (Fsp3) is 0.214. The van der Waals surface area contributed by atoms with E-state index in [1.807, 2.05) is 6.92 Å². The maximum atomic E-state index is 12.6. The van der Waals surface area contributed by atoms with E-state index in [-0.39, 0.29) is 5.91 Å². The summed E-state index contributed by atoms with van der Waals surface area (Å²) in [5.41, 5.74) is 1.20. The predicted molar refractivity (Wildman–Crippen MR) is 80.4 cm³/mol. The van der Waals surface area contributed by atoms with Crippen molar-refractivity contribution in [2.45, 2.75) is 6.92 Å². The van der Waals surface area contributed by atoms with Gasteiger partial charge in [-0.1, -0.05) is 11.6 Å². The van der Waals surface area contributed by atoms with Gasteiger partial charge in [-0.05, 0) is 25.1 Å². The number of amides is 1. The molecular weight excluding hydrogens is 276 g/mol. The van der Waals surface area contributed by atoms with E-state index in [0.717, 1.165) is 5.69 Å². The van der Waals surface area contributed by atoms with Crippen molar-refractivity contribution in [3.8, 4) is 0 Å². The van der Waals surface area contributed by atoms with E-state index in [2.05, 4.69) is 15.3 Å². The molecule has 2 aromatic heterocycles. The minimum absolute atomic E-state index is 0.164. The molecule has 0 aliphatic carbocycles. The first-order chi connectivity index (χ1) is 9.67. The van der Waals surface area contributed by atoms with E-state index in [1.54, 1.807) is 42.5 Å². The van der Waals surface area contributed by atoms with Crippen LogP contribution >= 0.6 is 11.6 Å². The fourth-order valence-corrected chi connectivity index (χ4v) is 2.04. The fourth-order valence-electron chi connectivity index (χ4n) is 1.85. The lowest BCUT2D eigenvalue weighted by atomic mass is 10.2. The first-order valence-corrected chi connectivity index (χ1v) is 6.60. The normalized spacial score (nSPS) is 10.2. The number of rotatable bonds is 4. The topological polar surface area (TPSA) is 58.1 Å². The average Bonchev–Trinajstić information content (AvgIpc) is 2.49. The average molecular weight is 291 g/mol. The minimum atomic E-state index is -0.164. The highest BCUT2D eigenvalue weighted by Crippen LogP contribution is 2.22. The number of hydrogen-bond donors (Lipinski definition) is 1. The lowest BCUT2D eigenvalue weighted by Gasteiger charge is -2.21. The van der Waals surface area contributed by atoms with E-state index in [0.29, 0.717) is 22.9 Å². The Hall–Kier alpha value is -2.14. The third kappa shape index (κ3) is 2.88. The van der Waals surface area contributed by atoms with Gasteiger partial charge in [0.15, 0.2) is 0 Å². The second kappa shape index (κ2) is 6.34. The summed E-state index contributed by atoms with van der Waals surface area (Å²) in [4.78, 5) is 22.3. The standard InChI is InChI=1S/C14H15ClN4O/c1-3-19(10-4-6-17-7-5-10)14(20)11-8-13(16-2)18-9-12(11)15/h4-9H,3H2,1-2H3,(H,16,18). The Bertz CT molecular complexity index is 603. The van der Waals surface area contributed by atoms with Crippen molar-refractivity contribution in [2.24, 2.45) is 0 Å². The molecule has 0 atom stereocenters. The van der Waals surface area contributed by atoms with Crippen molar-refractivity contribution in [3.63, 3.8) is 0 Å². The molecule has 1 amide bonds. The quantitative estimate of drug-likeness (QED) is 0.941. The number of carbonyl (C=O) groups excluding carboxylic acids is 1. The lowest BCUT2D eigenvalue weighted by Crippen LogP contribution is -2.31. The van der Waals surface area contributed by atoms with Gasteiger partial charge >= 0.3 is 0 Å². The van der Waals surface area contributed by atoms with Crippen molar-refractivity contribution < 1.29 is 4.79 Å². The summed E-state index contributed by atoms with van der Waals surface area (Å²) in [7, 11) is 1.74. The highest BCUT2D eigenvalue weighted by molar-refractivity contribution is 6.34. The molecule has 2 rings (SSSR count). The molecular formula is C14H15ClN4O. The van der Waals surface area contributed by atoms with Crippen LogP contribution in [-0.2, 0) is 0 Å². The molecule has 20 heavy (non-hydrogen) atoms. The van der Waals surface area contributed by atoms with Crippen LogP contribution in [0.3, 0.4) is 0 Å². The largest absolute Gasteiger partial charge is 0.373 e. The summed E-state index contributed by atoms with van der Waals surface area (Å²) in [6, 6.07) is 5.22. The lowest BCUT2D eigenvalue weighted by molar-refractivity contribution is 0.0988. The van der Waals surface area contributed by atoms with Crippen molar-refractivity contribution in [2.75, 3.05) is 23.8 Å². The van der Waals surface area contributed by atoms with Gasteiger partial charge in [-0.3, -0.25) is 9.78 Å². The molecule has 2 heterocycles. The highest BCUT2D eigenvalue weighted by Gasteiger charge is 2.19. The Morgan fingerprint density at radius 3 is 2.70 bits per heavy atom. The maximum Gasteiger partial charge on any atom is 0.259 e. The van der Waals surface area contributed by atoms with Crippen LogP contribution in [0.4, 0.5) is 11.5 Å². The smallest absolute Gasteiger partial charge is 0.259 e. The van der Waals surface area contributed by atoms with Crippen molar-refractivity contribution >= 4 is 29.0 Å². The van der Waals surface area contributed by atoms with Crippen LogP contribution < -0.4 is 10.2 Å². The number of nitrogens with zero attached hydrogens (tertiary/aromatic N) is 3. The number of carbonyl (C=O) groups is 1. The van der Waals surface area contributed by atoms with Crippen molar-refractivity contribution in [1.82, 2.24) is 9.97 Å². The monoisotopic (exact) mass is 290 g/mol. The Morgan fingerprint density at radius 2 is 2.10 bits per heavy atom. The van der Waals surface area contributed by atoms with E-state index in [9.17, 15) is 4.79 Å². The van der Waals surface area contributed by atoms with E-state index < -0.39 is 0 Å². The molecule has 0 fully saturated rings. The van der Waals surface area contributed by atoms with Crippen LogP contribution in [-0.4, -0.2) is 29.5 Å². The zero-order valence-corrected chi connectivity index (χ0v) is 12.1. The molecule has 2 aromatic rings. The number of halogens is 1. The van der Waals surface area contributed by atoms with Gasteiger partial charge in [-0.2, -0.15) is 0 Å². The maximum absolute atomic E-state index is 12.6. The van der Waals surface area contributed by atoms with Crippen LogP contribution in [0.2, 0.25) is 5.02 Å². The molecule has 0 spiro atoms. The third-order valence-electron chi connectivity index (χ3n) is 2.88. The zero-order valence-electron chi connectivity index (χ0n) is 11.3. The van der Waals surface area contributed by atoms with Gasteiger partial charge in [0, 0.05) is 37.9 Å². The molecule has 0 radical (unpaired) electrons. The van der Waals surface area contributed by atoms with Crippen molar-refractivity contribution in [3.05, 3.63) is 47.4 Å². The SMILES string of the molecule is CCN(C(=O)c1cc(NC)ncc1Cl)c1ccncc1. The summed E-state index contributed by atoms with van der Waals surface area (Å²) in [6.07, 6.45) is 4.78. The Balaban J connectivity index is 2.39. The zero-order chi connectivity index (χ0) is 14.5. The summed E-state index contributed by atoms with van der Waals surface area (Å²) >= 11 is 6.09. The van der Waals surface area contributed by atoms with Crippen LogP contribution in [0.1, 0.15) is 17.3 Å². The number of hydrogen-bond acceptors (Lipinski definition) is 4. The molecule has 0 saturated heterocycles. The summed E-state index contributed by atoms with van der Waals surface area (Å²) < 4.78 is 0. The molecule has 104 valence electrons. The molecule has 1 N–H and O–H groups in total. The summed E-state index contributed by atoms with van der Waals surface area (Å²) in [5.74, 6) is 0.436. The van der Waals surface area contributed by atoms with Gasteiger partial charge in [-0.25, -0.2) is 4.98 Å². The second-order valence-corrected chi connectivity index (χ2v) is 4.46. The number of pyridine rings is 2. The molecule has 0 saturated carbocycles. The number of nitrogens with one attached hydrogen (secondary N) is 1. The minimum Gasteiger partial charge on any atom is -0.373 e. The second-order valence-electron chi connectivity index (χ2n) is 4.05. The van der Waals surface area contributed by atoms with Crippen LogP contribution in [0.25, 0.3) is 0 Å². The van der Waals surface area contributed by atoms with Gasteiger partial charge in [0.2, 0.25) is 0 Å². The van der Waals surface area contributed by atoms with E-state index in [4.69, 9.17) is 11.6 Å². The Labute approximate surface area is 122 Å². The number of anilines is 2. The number of aromatic nitrogens is 2. The molecule has 6 heteroatoms. The van der Waals surface area contributed by atoms with Crippen LogP contribution in [0.5, 0.6) is 0 Å². The van der Waals surface area contributed by atoms with Crippen molar-refractivity contribution in [1.29, 1.82) is 0 Å². The predicted octanol–water partition coefficient (Wildman–Crippen LogP) is 2.84. The van der Waals surface area contributed by atoms with E-state index >= 15 is 0 Å². The van der Waals surface area contributed by atoms with Gasteiger partial charge in [0.05, 0.1) is 10.6 Å². The summed E-state index contributed by atoms with van der Waals surface area (Å²) in [6.45, 7) is 2.45. The first kappa shape index (κ1) is 14.3. The molecule has 0 aromatic carbocycles. The molecule has 0 unspecified atom stereocenters.